The highest BCUT2D eigenvalue weighted by atomic mass is 32.2. The van der Waals surface area contributed by atoms with Crippen LogP contribution in [0.15, 0.2) is 53.4 Å². The summed E-state index contributed by atoms with van der Waals surface area (Å²) in [6.45, 7) is 2.08. The minimum absolute atomic E-state index is 0.153. The fourth-order valence-corrected chi connectivity index (χ4v) is 3.54. The fourth-order valence-electron chi connectivity index (χ4n) is 2.76. The highest BCUT2D eigenvalue weighted by Gasteiger charge is 2.30. The van der Waals surface area contributed by atoms with E-state index in [0.717, 1.165) is 22.7 Å². The summed E-state index contributed by atoms with van der Waals surface area (Å²) < 4.78 is 0. The van der Waals surface area contributed by atoms with E-state index in [1.54, 1.807) is 11.8 Å². The predicted octanol–water partition coefficient (Wildman–Crippen LogP) is 3.34. The fraction of sp³-hybridized carbons (Fsp3) is 0.235. The van der Waals surface area contributed by atoms with Gasteiger partial charge in [0.1, 0.15) is 0 Å². The number of carbonyl (C=O) groups is 1. The summed E-state index contributed by atoms with van der Waals surface area (Å²) in [6, 6.07) is 16.0. The number of hydrogen-bond acceptors (Lipinski definition) is 3. The summed E-state index contributed by atoms with van der Waals surface area (Å²) in [7, 11) is 0. The second-order valence-corrected chi connectivity index (χ2v) is 6.36. The number of amides is 1. The first-order chi connectivity index (χ1) is 10.1. The zero-order chi connectivity index (χ0) is 14.8. The SMILES string of the molecule is CC1Cc2cc(N)ccc2N1C(=O)CSc1ccccc1. The number of thioether (sulfide) groups is 1. The van der Waals surface area contributed by atoms with E-state index in [1.165, 1.54) is 5.56 Å². The molecule has 21 heavy (non-hydrogen) atoms. The average Bonchev–Trinajstić information content (AvgIpc) is 2.81. The molecule has 2 aromatic carbocycles. The highest BCUT2D eigenvalue weighted by molar-refractivity contribution is 8.00. The minimum atomic E-state index is 0.153. The maximum absolute atomic E-state index is 12.6. The number of nitrogen functional groups attached to an aromatic ring is 1. The molecule has 4 heteroatoms. The molecule has 1 unspecified atom stereocenters. The van der Waals surface area contributed by atoms with Crippen LogP contribution in [0, 0.1) is 0 Å². The van der Waals surface area contributed by atoms with E-state index >= 15 is 0 Å². The lowest BCUT2D eigenvalue weighted by atomic mass is 10.1. The van der Waals surface area contributed by atoms with Crippen molar-refractivity contribution < 1.29 is 4.79 Å². The van der Waals surface area contributed by atoms with Gasteiger partial charge in [-0.2, -0.15) is 0 Å². The number of rotatable bonds is 3. The summed E-state index contributed by atoms with van der Waals surface area (Å²) in [5.41, 5.74) is 8.76. The van der Waals surface area contributed by atoms with Gasteiger partial charge in [0, 0.05) is 22.3 Å². The standard InChI is InChI=1S/C17H18N2OS/c1-12-9-13-10-14(18)7-8-16(13)19(12)17(20)11-21-15-5-3-2-4-6-15/h2-8,10,12H,9,11,18H2,1H3. The van der Waals surface area contributed by atoms with Crippen molar-refractivity contribution in [2.75, 3.05) is 16.4 Å². The lowest BCUT2D eigenvalue weighted by Crippen LogP contribution is -2.36. The van der Waals surface area contributed by atoms with Crippen LogP contribution in [0.2, 0.25) is 0 Å². The van der Waals surface area contributed by atoms with Crippen LogP contribution >= 0.6 is 11.8 Å². The molecule has 0 saturated heterocycles. The molecule has 1 aliphatic heterocycles. The average molecular weight is 298 g/mol. The van der Waals surface area contributed by atoms with Gasteiger partial charge in [-0.05, 0) is 49.2 Å². The number of hydrogen-bond donors (Lipinski definition) is 1. The van der Waals surface area contributed by atoms with Crippen LogP contribution in [0.3, 0.4) is 0 Å². The third kappa shape index (κ3) is 2.90. The zero-order valence-corrected chi connectivity index (χ0v) is 12.8. The summed E-state index contributed by atoms with van der Waals surface area (Å²) in [4.78, 5) is 15.6. The molecule has 0 radical (unpaired) electrons. The Kier molecular flexibility index (Phi) is 3.88. The Hall–Kier alpha value is -1.94. The Morgan fingerprint density at radius 1 is 1.29 bits per heavy atom. The molecule has 2 aromatic rings. The number of nitrogens with two attached hydrogens (primary N) is 1. The van der Waals surface area contributed by atoms with Crippen LogP contribution in [0.4, 0.5) is 11.4 Å². The third-order valence-corrected chi connectivity index (χ3v) is 4.69. The van der Waals surface area contributed by atoms with Gasteiger partial charge in [0.25, 0.3) is 0 Å². The maximum atomic E-state index is 12.6. The predicted molar refractivity (Wildman–Crippen MR) is 88.7 cm³/mol. The van der Waals surface area contributed by atoms with Gasteiger partial charge >= 0.3 is 0 Å². The lowest BCUT2D eigenvalue weighted by molar-refractivity contribution is -0.116. The highest BCUT2D eigenvalue weighted by Crippen LogP contribution is 2.34. The van der Waals surface area contributed by atoms with Crippen LogP contribution < -0.4 is 10.6 Å². The van der Waals surface area contributed by atoms with Crippen LogP contribution in [0.5, 0.6) is 0 Å². The van der Waals surface area contributed by atoms with E-state index < -0.39 is 0 Å². The zero-order valence-electron chi connectivity index (χ0n) is 12.0. The number of fused-ring (bicyclic) bond motifs is 1. The van der Waals surface area contributed by atoms with E-state index in [2.05, 4.69) is 6.92 Å². The summed E-state index contributed by atoms with van der Waals surface area (Å²) in [6.07, 6.45) is 0.877. The molecule has 0 fully saturated rings. The molecule has 0 aromatic heterocycles. The molecule has 108 valence electrons. The lowest BCUT2D eigenvalue weighted by Gasteiger charge is -2.22. The Morgan fingerprint density at radius 3 is 2.81 bits per heavy atom. The van der Waals surface area contributed by atoms with Crippen LogP contribution in [-0.4, -0.2) is 17.7 Å². The molecular weight excluding hydrogens is 280 g/mol. The molecule has 1 atom stereocenters. The van der Waals surface area contributed by atoms with Crippen LogP contribution in [0.1, 0.15) is 12.5 Å². The largest absolute Gasteiger partial charge is 0.399 e. The van der Waals surface area contributed by atoms with E-state index in [1.807, 2.05) is 53.4 Å². The van der Waals surface area contributed by atoms with Gasteiger partial charge in [-0.1, -0.05) is 18.2 Å². The minimum Gasteiger partial charge on any atom is -0.399 e. The monoisotopic (exact) mass is 298 g/mol. The molecule has 0 spiro atoms. The number of anilines is 2. The normalized spacial score (nSPS) is 16.8. The Bertz CT molecular complexity index is 657. The first-order valence-corrected chi connectivity index (χ1v) is 8.02. The Balaban J connectivity index is 1.73. The first-order valence-electron chi connectivity index (χ1n) is 7.03. The van der Waals surface area contributed by atoms with Crippen molar-refractivity contribution in [3.8, 4) is 0 Å². The first kappa shape index (κ1) is 14.0. The number of carbonyl (C=O) groups excluding carboxylic acids is 1. The van der Waals surface area contributed by atoms with Crippen molar-refractivity contribution in [1.29, 1.82) is 0 Å². The molecule has 0 aliphatic carbocycles. The van der Waals surface area contributed by atoms with E-state index in [4.69, 9.17) is 5.73 Å². The molecule has 3 rings (SSSR count). The molecule has 1 heterocycles. The van der Waals surface area contributed by atoms with Crippen molar-refractivity contribution >= 4 is 29.0 Å². The van der Waals surface area contributed by atoms with Gasteiger partial charge < -0.3 is 10.6 Å². The molecule has 0 bridgehead atoms. The second-order valence-electron chi connectivity index (χ2n) is 5.31. The Morgan fingerprint density at radius 2 is 2.05 bits per heavy atom. The molecule has 1 amide bonds. The van der Waals surface area contributed by atoms with Gasteiger partial charge in [-0.3, -0.25) is 4.79 Å². The maximum Gasteiger partial charge on any atom is 0.237 e. The van der Waals surface area contributed by atoms with Crippen LogP contribution in [0.25, 0.3) is 0 Å². The van der Waals surface area contributed by atoms with Gasteiger partial charge in [0.05, 0.1) is 5.75 Å². The number of benzene rings is 2. The van der Waals surface area contributed by atoms with E-state index in [9.17, 15) is 4.79 Å². The molecule has 0 saturated carbocycles. The molecule has 2 N–H and O–H groups in total. The van der Waals surface area contributed by atoms with Gasteiger partial charge in [0.2, 0.25) is 5.91 Å². The van der Waals surface area contributed by atoms with Crippen LogP contribution in [-0.2, 0) is 11.2 Å². The third-order valence-electron chi connectivity index (χ3n) is 3.69. The summed E-state index contributed by atoms with van der Waals surface area (Å²) in [5.74, 6) is 0.609. The summed E-state index contributed by atoms with van der Waals surface area (Å²) >= 11 is 1.58. The van der Waals surface area contributed by atoms with Crippen molar-refractivity contribution in [1.82, 2.24) is 0 Å². The van der Waals surface area contributed by atoms with Gasteiger partial charge in [-0.15, -0.1) is 11.8 Å². The second kappa shape index (κ2) is 5.82. The quantitative estimate of drug-likeness (QED) is 0.698. The van der Waals surface area contributed by atoms with Gasteiger partial charge in [-0.25, -0.2) is 0 Å². The number of nitrogens with zero attached hydrogens (tertiary/aromatic N) is 1. The van der Waals surface area contributed by atoms with Crippen molar-refractivity contribution in [3.05, 3.63) is 54.1 Å². The van der Waals surface area contributed by atoms with E-state index in [-0.39, 0.29) is 11.9 Å². The topological polar surface area (TPSA) is 46.3 Å². The van der Waals surface area contributed by atoms with E-state index in [0.29, 0.717) is 5.75 Å². The Labute approximate surface area is 129 Å². The summed E-state index contributed by atoms with van der Waals surface area (Å²) in [5, 5.41) is 0. The smallest absolute Gasteiger partial charge is 0.237 e. The molecule has 3 nitrogen and oxygen atoms in total. The van der Waals surface area contributed by atoms with Crippen molar-refractivity contribution in [2.24, 2.45) is 0 Å². The van der Waals surface area contributed by atoms with Crippen molar-refractivity contribution in [2.45, 2.75) is 24.3 Å². The van der Waals surface area contributed by atoms with Crippen molar-refractivity contribution in [3.63, 3.8) is 0 Å². The molecular formula is C17H18N2OS. The van der Waals surface area contributed by atoms with Gasteiger partial charge in [0.15, 0.2) is 0 Å². The molecule has 1 aliphatic rings.